The molecule has 1 aliphatic rings. The van der Waals surface area contributed by atoms with Crippen LogP contribution in [0.5, 0.6) is 0 Å². The van der Waals surface area contributed by atoms with Crippen molar-refractivity contribution >= 4 is 47.4 Å². The topological polar surface area (TPSA) is 66.6 Å². The fourth-order valence-electron chi connectivity index (χ4n) is 2.94. The van der Waals surface area contributed by atoms with E-state index in [2.05, 4.69) is 0 Å². The first kappa shape index (κ1) is 22.0. The Morgan fingerprint density at radius 3 is 2.28 bits per heavy atom. The van der Waals surface area contributed by atoms with Crippen LogP contribution >= 0.6 is 35.6 Å². The molecule has 2 amide bonds. The van der Waals surface area contributed by atoms with Gasteiger partial charge in [-0.3, -0.25) is 9.59 Å². The highest BCUT2D eigenvalue weighted by Crippen LogP contribution is 2.27. The third-order valence-electron chi connectivity index (χ3n) is 4.29. The van der Waals surface area contributed by atoms with Crippen LogP contribution in [0.1, 0.15) is 37.0 Å². The molecule has 0 aromatic heterocycles. The first-order valence-corrected chi connectivity index (χ1v) is 8.85. The predicted octanol–water partition coefficient (Wildman–Crippen LogP) is 3.22. The number of amides is 2. The average Bonchev–Trinajstić information content (AvgIpc) is 2.56. The summed E-state index contributed by atoms with van der Waals surface area (Å²) in [4.78, 5) is 28.5. The van der Waals surface area contributed by atoms with Crippen molar-refractivity contribution in [1.82, 2.24) is 9.80 Å². The molecule has 0 spiro atoms. The predicted molar refractivity (Wildman–Crippen MR) is 104 cm³/mol. The summed E-state index contributed by atoms with van der Waals surface area (Å²) in [5.41, 5.74) is 5.66. The molecule has 0 bridgehead atoms. The summed E-state index contributed by atoms with van der Waals surface area (Å²) in [6, 6.07) is 5.01. The van der Waals surface area contributed by atoms with E-state index in [4.69, 9.17) is 28.9 Å². The number of rotatable bonds is 4. The van der Waals surface area contributed by atoms with Crippen molar-refractivity contribution in [3.8, 4) is 0 Å². The molecule has 8 heteroatoms. The second kappa shape index (κ2) is 9.08. The average molecular weight is 409 g/mol. The molecular weight excluding hydrogens is 385 g/mol. The normalized spacial score (nSPS) is 16.8. The molecule has 1 aromatic carbocycles. The van der Waals surface area contributed by atoms with Gasteiger partial charge < -0.3 is 15.5 Å². The van der Waals surface area contributed by atoms with E-state index in [0.29, 0.717) is 43.2 Å². The van der Waals surface area contributed by atoms with Crippen LogP contribution in [-0.4, -0.2) is 53.3 Å². The highest BCUT2D eigenvalue weighted by molar-refractivity contribution is 6.43. The number of benzene rings is 1. The van der Waals surface area contributed by atoms with Gasteiger partial charge >= 0.3 is 0 Å². The van der Waals surface area contributed by atoms with Crippen LogP contribution in [0.15, 0.2) is 18.2 Å². The quantitative estimate of drug-likeness (QED) is 0.832. The Morgan fingerprint density at radius 2 is 1.72 bits per heavy atom. The number of halogens is 3. The van der Waals surface area contributed by atoms with Crippen molar-refractivity contribution in [1.29, 1.82) is 0 Å². The Balaban J connectivity index is 0.00000312. The molecule has 1 fully saturated rings. The zero-order valence-corrected chi connectivity index (χ0v) is 16.8. The van der Waals surface area contributed by atoms with E-state index in [9.17, 15) is 9.59 Å². The van der Waals surface area contributed by atoms with E-state index >= 15 is 0 Å². The minimum absolute atomic E-state index is 0. The van der Waals surface area contributed by atoms with E-state index in [1.807, 2.05) is 6.92 Å². The molecular formula is C17H24Cl3N3O2. The molecule has 1 aromatic rings. The van der Waals surface area contributed by atoms with Crippen LogP contribution in [0.3, 0.4) is 0 Å². The van der Waals surface area contributed by atoms with Gasteiger partial charge in [-0.05, 0) is 25.5 Å². The fourth-order valence-corrected chi connectivity index (χ4v) is 3.32. The van der Waals surface area contributed by atoms with Crippen molar-refractivity contribution in [2.75, 3.05) is 26.2 Å². The van der Waals surface area contributed by atoms with Gasteiger partial charge in [-0.2, -0.15) is 0 Å². The lowest BCUT2D eigenvalue weighted by atomic mass is 9.95. The first-order chi connectivity index (χ1) is 11.3. The molecule has 140 valence electrons. The number of carbonyl (C=O) groups is 2. The van der Waals surface area contributed by atoms with Gasteiger partial charge in [0.25, 0.3) is 5.91 Å². The number of piperazine rings is 1. The zero-order chi connectivity index (χ0) is 17.9. The third-order valence-corrected chi connectivity index (χ3v) is 5.11. The van der Waals surface area contributed by atoms with Crippen LogP contribution in [0.2, 0.25) is 10.0 Å². The van der Waals surface area contributed by atoms with E-state index in [0.717, 1.165) is 6.42 Å². The Kier molecular flexibility index (Phi) is 8.00. The van der Waals surface area contributed by atoms with Crippen molar-refractivity contribution in [2.45, 2.75) is 32.2 Å². The summed E-state index contributed by atoms with van der Waals surface area (Å²) in [5.74, 6) is -0.226. The van der Waals surface area contributed by atoms with Gasteiger partial charge in [0.1, 0.15) is 0 Å². The molecule has 1 unspecified atom stereocenters. The van der Waals surface area contributed by atoms with Crippen LogP contribution < -0.4 is 5.73 Å². The molecule has 2 N–H and O–H groups in total. The van der Waals surface area contributed by atoms with Crippen molar-refractivity contribution < 1.29 is 9.59 Å². The SMILES string of the molecule is CCCC(C)(N)C(=O)N1CCN(C(=O)c2cccc(Cl)c2Cl)CC1.Cl. The number of nitrogens with zero attached hydrogens (tertiary/aromatic N) is 2. The Morgan fingerprint density at radius 1 is 1.16 bits per heavy atom. The van der Waals surface area contributed by atoms with Crippen molar-refractivity contribution in [2.24, 2.45) is 5.73 Å². The summed E-state index contributed by atoms with van der Waals surface area (Å²) in [6.45, 7) is 5.62. The lowest BCUT2D eigenvalue weighted by Gasteiger charge is -2.38. The lowest BCUT2D eigenvalue weighted by Crippen LogP contribution is -2.58. The largest absolute Gasteiger partial charge is 0.338 e. The van der Waals surface area contributed by atoms with Gasteiger partial charge in [-0.1, -0.05) is 42.6 Å². The van der Waals surface area contributed by atoms with Gasteiger partial charge in [-0.25, -0.2) is 0 Å². The van der Waals surface area contributed by atoms with Crippen LogP contribution in [0, 0.1) is 0 Å². The summed E-state index contributed by atoms with van der Waals surface area (Å²) in [7, 11) is 0. The highest BCUT2D eigenvalue weighted by atomic mass is 35.5. The summed E-state index contributed by atoms with van der Waals surface area (Å²) >= 11 is 12.1. The Hall–Kier alpha value is -1.01. The van der Waals surface area contributed by atoms with Gasteiger partial charge in [-0.15, -0.1) is 12.4 Å². The minimum Gasteiger partial charge on any atom is -0.338 e. The van der Waals surface area contributed by atoms with E-state index < -0.39 is 5.54 Å². The van der Waals surface area contributed by atoms with Crippen LogP contribution in [0.4, 0.5) is 0 Å². The Labute approximate surface area is 164 Å². The van der Waals surface area contributed by atoms with Gasteiger partial charge in [0, 0.05) is 26.2 Å². The highest BCUT2D eigenvalue weighted by Gasteiger charge is 2.34. The third kappa shape index (κ3) is 5.00. The van der Waals surface area contributed by atoms with E-state index in [1.54, 1.807) is 34.9 Å². The smallest absolute Gasteiger partial charge is 0.255 e. The molecule has 0 radical (unpaired) electrons. The number of carbonyl (C=O) groups excluding carboxylic acids is 2. The molecule has 0 aliphatic carbocycles. The monoisotopic (exact) mass is 407 g/mol. The van der Waals surface area contributed by atoms with Crippen LogP contribution in [-0.2, 0) is 4.79 Å². The van der Waals surface area contributed by atoms with Gasteiger partial charge in [0.15, 0.2) is 0 Å². The zero-order valence-electron chi connectivity index (χ0n) is 14.4. The molecule has 25 heavy (non-hydrogen) atoms. The Bertz CT molecular complexity index is 630. The second-order valence-electron chi connectivity index (χ2n) is 6.35. The molecule has 2 rings (SSSR count). The maximum Gasteiger partial charge on any atom is 0.255 e. The molecule has 5 nitrogen and oxygen atoms in total. The standard InChI is InChI=1S/C17H23Cl2N3O2.ClH/c1-3-7-17(2,20)16(24)22-10-8-21(9-11-22)15(23)12-5-4-6-13(18)14(12)19;/h4-6H,3,7-11,20H2,1-2H3;1H. The van der Waals surface area contributed by atoms with Crippen molar-refractivity contribution in [3.05, 3.63) is 33.8 Å². The molecule has 1 heterocycles. The number of nitrogens with two attached hydrogens (primary N) is 1. The molecule has 0 saturated carbocycles. The maximum absolute atomic E-state index is 12.6. The minimum atomic E-state index is -0.850. The fraction of sp³-hybridized carbons (Fsp3) is 0.529. The lowest BCUT2D eigenvalue weighted by molar-refractivity contribution is -0.138. The van der Waals surface area contributed by atoms with Gasteiger partial charge in [0.05, 0.1) is 21.1 Å². The van der Waals surface area contributed by atoms with Gasteiger partial charge in [0.2, 0.25) is 5.91 Å². The molecule has 1 aliphatic heterocycles. The number of hydrogen-bond donors (Lipinski definition) is 1. The number of hydrogen-bond acceptors (Lipinski definition) is 3. The molecule has 1 atom stereocenters. The first-order valence-electron chi connectivity index (χ1n) is 8.09. The summed E-state index contributed by atoms with van der Waals surface area (Å²) in [5, 5.41) is 0.620. The van der Waals surface area contributed by atoms with Crippen molar-refractivity contribution in [3.63, 3.8) is 0 Å². The summed E-state index contributed by atoms with van der Waals surface area (Å²) < 4.78 is 0. The van der Waals surface area contributed by atoms with Crippen LogP contribution in [0.25, 0.3) is 0 Å². The summed E-state index contributed by atoms with van der Waals surface area (Å²) in [6.07, 6.45) is 1.49. The van der Waals surface area contributed by atoms with E-state index in [-0.39, 0.29) is 29.2 Å². The molecule has 1 saturated heterocycles. The maximum atomic E-state index is 12.6. The second-order valence-corrected chi connectivity index (χ2v) is 7.14. The van der Waals surface area contributed by atoms with E-state index in [1.165, 1.54) is 0 Å².